The van der Waals surface area contributed by atoms with Crippen molar-refractivity contribution in [2.45, 2.75) is 26.3 Å². The molecule has 0 saturated carbocycles. The van der Waals surface area contributed by atoms with Crippen molar-refractivity contribution in [3.05, 3.63) is 46.3 Å². The number of amides is 2. The summed E-state index contributed by atoms with van der Waals surface area (Å²) in [5.41, 5.74) is 1.36. The number of carbonyl (C=O) groups excluding carboxylic acids is 1. The van der Waals surface area contributed by atoms with Crippen molar-refractivity contribution in [2.75, 3.05) is 26.2 Å². The minimum atomic E-state index is -0.116. The standard InChI is InChI=1S/C19H25N3O3/c1-2-20-19(24)21-10-14-6-5-9-22(11-14)12-15-13-25-17-8-4-3-7-16(17)18(15)23/h3-4,7-8,13-14H,2,5-6,9-12H2,1H3,(H2,20,21,24)/t14-/m0/s1. The third-order valence-electron chi connectivity index (χ3n) is 4.64. The van der Waals surface area contributed by atoms with E-state index in [0.717, 1.165) is 25.9 Å². The van der Waals surface area contributed by atoms with Gasteiger partial charge in [0.25, 0.3) is 0 Å². The van der Waals surface area contributed by atoms with Gasteiger partial charge in [0, 0.05) is 31.7 Å². The Morgan fingerprint density at radius 1 is 1.32 bits per heavy atom. The number of para-hydroxylation sites is 1. The number of urea groups is 1. The average molecular weight is 343 g/mol. The molecule has 25 heavy (non-hydrogen) atoms. The summed E-state index contributed by atoms with van der Waals surface area (Å²) in [4.78, 5) is 26.4. The minimum absolute atomic E-state index is 0.0458. The highest BCUT2D eigenvalue weighted by Crippen LogP contribution is 2.18. The number of hydrogen-bond donors (Lipinski definition) is 2. The second-order valence-corrected chi connectivity index (χ2v) is 6.57. The van der Waals surface area contributed by atoms with Crippen molar-refractivity contribution in [3.8, 4) is 0 Å². The highest BCUT2D eigenvalue weighted by atomic mass is 16.3. The van der Waals surface area contributed by atoms with Gasteiger partial charge >= 0.3 is 6.03 Å². The summed E-state index contributed by atoms with van der Waals surface area (Å²) in [6.07, 6.45) is 3.75. The molecule has 1 fully saturated rings. The number of likely N-dealkylation sites (tertiary alicyclic amines) is 1. The number of benzene rings is 1. The van der Waals surface area contributed by atoms with Crippen molar-refractivity contribution in [3.63, 3.8) is 0 Å². The lowest BCUT2D eigenvalue weighted by Gasteiger charge is -2.32. The first-order chi connectivity index (χ1) is 12.2. The zero-order chi connectivity index (χ0) is 17.6. The maximum absolute atomic E-state index is 12.6. The van der Waals surface area contributed by atoms with Crippen molar-refractivity contribution >= 4 is 17.0 Å². The zero-order valence-corrected chi connectivity index (χ0v) is 14.6. The van der Waals surface area contributed by atoms with Crippen molar-refractivity contribution in [1.29, 1.82) is 0 Å². The molecule has 3 rings (SSSR count). The smallest absolute Gasteiger partial charge is 0.314 e. The van der Waals surface area contributed by atoms with Crippen molar-refractivity contribution < 1.29 is 9.21 Å². The summed E-state index contributed by atoms with van der Waals surface area (Å²) in [5.74, 6) is 0.406. The molecule has 1 aliphatic rings. The first-order valence-corrected chi connectivity index (χ1v) is 8.91. The Labute approximate surface area is 147 Å². The normalized spacial score (nSPS) is 18.2. The molecule has 1 aromatic carbocycles. The number of nitrogens with one attached hydrogen (secondary N) is 2. The molecule has 0 unspecified atom stereocenters. The van der Waals surface area contributed by atoms with E-state index in [-0.39, 0.29) is 11.5 Å². The third-order valence-corrected chi connectivity index (χ3v) is 4.64. The molecule has 134 valence electrons. The number of rotatable bonds is 5. The maximum Gasteiger partial charge on any atom is 0.314 e. The topological polar surface area (TPSA) is 74.6 Å². The fourth-order valence-corrected chi connectivity index (χ4v) is 3.39. The Hall–Kier alpha value is -2.34. The Morgan fingerprint density at radius 2 is 2.16 bits per heavy atom. The summed E-state index contributed by atoms with van der Waals surface area (Å²) in [6.45, 7) is 5.61. The van der Waals surface area contributed by atoms with Gasteiger partial charge in [-0.3, -0.25) is 9.69 Å². The quantitative estimate of drug-likeness (QED) is 0.874. The Bertz CT molecular complexity index is 787. The predicted molar refractivity (Wildman–Crippen MR) is 97.6 cm³/mol. The van der Waals surface area contributed by atoms with Gasteiger partial charge in [0.05, 0.1) is 11.6 Å². The lowest BCUT2D eigenvalue weighted by Crippen LogP contribution is -2.43. The van der Waals surface area contributed by atoms with Gasteiger partial charge in [-0.1, -0.05) is 12.1 Å². The van der Waals surface area contributed by atoms with Crippen LogP contribution in [0.1, 0.15) is 25.3 Å². The summed E-state index contributed by atoms with van der Waals surface area (Å²) in [6, 6.07) is 7.22. The second-order valence-electron chi connectivity index (χ2n) is 6.57. The molecule has 2 N–H and O–H groups in total. The number of nitrogens with zero attached hydrogens (tertiary/aromatic N) is 1. The minimum Gasteiger partial charge on any atom is -0.464 e. The lowest BCUT2D eigenvalue weighted by atomic mass is 9.97. The van der Waals surface area contributed by atoms with E-state index in [1.165, 1.54) is 0 Å². The molecule has 1 aliphatic heterocycles. The Balaban J connectivity index is 1.62. The SMILES string of the molecule is CCNC(=O)NC[C@@H]1CCCN(Cc2coc3ccccc3c2=O)C1. The molecule has 0 radical (unpaired) electrons. The van der Waals surface area contributed by atoms with E-state index in [2.05, 4.69) is 15.5 Å². The van der Waals surface area contributed by atoms with Gasteiger partial charge in [-0.15, -0.1) is 0 Å². The maximum atomic E-state index is 12.6. The molecule has 6 nitrogen and oxygen atoms in total. The van der Waals surface area contributed by atoms with Gasteiger partial charge in [-0.05, 0) is 44.4 Å². The van der Waals surface area contributed by atoms with Gasteiger partial charge < -0.3 is 15.1 Å². The highest BCUT2D eigenvalue weighted by molar-refractivity contribution is 5.76. The van der Waals surface area contributed by atoms with Gasteiger partial charge in [0.15, 0.2) is 5.43 Å². The molecule has 2 aromatic rings. The molecular weight excluding hydrogens is 318 g/mol. The van der Waals surface area contributed by atoms with Crippen LogP contribution in [-0.4, -0.2) is 37.1 Å². The zero-order valence-electron chi connectivity index (χ0n) is 14.6. The van der Waals surface area contributed by atoms with Gasteiger partial charge in [-0.25, -0.2) is 4.79 Å². The van der Waals surface area contributed by atoms with Gasteiger partial charge in [-0.2, -0.15) is 0 Å². The summed E-state index contributed by atoms with van der Waals surface area (Å²) < 4.78 is 5.61. The largest absolute Gasteiger partial charge is 0.464 e. The molecule has 1 saturated heterocycles. The van der Waals surface area contributed by atoms with Crippen LogP contribution in [0.3, 0.4) is 0 Å². The molecule has 2 amide bonds. The lowest BCUT2D eigenvalue weighted by molar-refractivity contribution is 0.164. The fourth-order valence-electron chi connectivity index (χ4n) is 3.39. The van der Waals surface area contributed by atoms with E-state index in [4.69, 9.17) is 4.42 Å². The second kappa shape index (κ2) is 8.16. The predicted octanol–water partition coefficient (Wildman–Crippen LogP) is 2.32. The van der Waals surface area contributed by atoms with E-state index >= 15 is 0 Å². The van der Waals surface area contributed by atoms with Gasteiger partial charge in [0.2, 0.25) is 0 Å². The van der Waals surface area contributed by atoms with Crippen LogP contribution in [0.2, 0.25) is 0 Å². The van der Waals surface area contributed by atoms with Crippen LogP contribution in [-0.2, 0) is 6.54 Å². The molecule has 0 bridgehead atoms. The van der Waals surface area contributed by atoms with Crippen LogP contribution >= 0.6 is 0 Å². The first kappa shape index (κ1) is 17.5. The third kappa shape index (κ3) is 4.39. The molecule has 6 heteroatoms. The van der Waals surface area contributed by atoms with Crippen LogP contribution in [0.15, 0.2) is 39.7 Å². The molecule has 2 heterocycles. The Kier molecular flexibility index (Phi) is 5.71. The summed E-state index contributed by atoms with van der Waals surface area (Å²) in [7, 11) is 0. The highest BCUT2D eigenvalue weighted by Gasteiger charge is 2.21. The molecule has 1 aromatic heterocycles. The molecular formula is C19H25N3O3. The fraction of sp³-hybridized carbons (Fsp3) is 0.474. The van der Waals surface area contributed by atoms with E-state index in [1.54, 1.807) is 12.3 Å². The first-order valence-electron chi connectivity index (χ1n) is 8.91. The van der Waals surface area contributed by atoms with Crippen molar-refractivity contribution in [1.82, 2.24) is 15.5 Å². The molecule has 0 spiro atoms. The molecule has 1 atom stereocenters. The number of fused-ring (bicyclic) bond motifs is 1. The van der Waals surface area contributed by atoms with E-state index < -0.39 is 0 Å². The van der Waals surface area contributed by atoms with E-state index in [1.807, 2.05) is 25.1 Å². The van der Waals surface area contributed by atoms with Crippen LogP contribution in [0.4, 0.5) is 4.79 Å². The van der Waals surface area contributed by atoms with Crippen LogP contribution in [0.5, 0.6) is 0 Å². The van der Waals surface area contributed by atoms with Gasteiger partial charge in [0.1, 0.15) is 5.58 Å². The molecule has 0 aliphatic carbocycles. The Morgan fingerprint density at radius 3 is 3.00 bits per heavy atom. The van der Waals surface area contributed by atoms with Crippen LogP contribution in [0.25, 0.3) is 11.0 Å². The summed E-state index contributed by atoms with van der Waals surface area (Å²) >= 11 is 0. The van der Waals surface area contributed by atoms with Crippen molar-refractivity contribution in [2.24, 2.45) is 5.92 Å². The number of carbonyl (C=O) groups is 1. The van der Waals surface area contributed by atoms with E-state index in [9.17, 15) is 9.59 Å². The summed E-state index contributed by atoms with van der Waals surface area (Å²) in [5, 5.41) is 6.29. The average Bonchev–Trinajstić information content (AvgIpc) is 2.63. The van der Waals surface area contributed by atoms with Crippen LogP contribution < -0.4 is 16.1 Å². The number of piperidine rings is 1. The monoisotopic (exact) mass is 343 g/mol. The number of hydrogen-bond acceptors (Lipinski definition) is 4. The van der Waals surface area contributed by atoms with E-state index in [0.29, 0.717) is 42.1 Å². The van der Waals surface area contributed by atoms with Crippen LogP contribution in [0, 0.1) is 5.92 Å².